The van der Waals surface area contributed by atoms with Gasteiger partial charge >= 0.3 is 0 Å². The number of halogens is 2. The predicted octanol–water partition coefficient (Wildman–Crippen LogP) is 2.28. The van der Waals surface area contributed by atoms with Crippen LogP contribution < -0.4 is 10.6 Å². The van der Waals surface area contributed by atoms with Crippen LogP contribution in [0.3, 0.4) is 0 Å². The number of nitrogens with one attached hydrogen (secondary N) is 3. The van der Waals surface area contributed by atoms with E-state index in [1.165, 1.54) is 6.20 Å². The molecule has 8 nitrogen and oxygen atoms in total. The van der Waals surface area contributed by atoms with Crippen LogP contribution in [-0.4, -0.2) is 37.5 Å². The number of pyridine rings is 1. The average Bonchev–Trinajstić information content (AvgIpc) is 3.10. The molecule has 148 valence electrons. The number of H-pyrrole nitrogens is 1. The Kier molecular flexibility index (Phi) is 4.21. The maximum atomic E-state index is 15.5. The predicted molar refractivity (Wildman–Crippen MR) is 104 cm³/mol. The summed E-state index contributed by atoms with van der Waals surface area (Å²) in [6, 6.07) is 0. The number of carbonyl (C=O) groups excluding carboxylic acids is 1. The van der Waals surface area contributed by atoms with Crippen molar-refractivity contribution in [3.8, 4) is 11.3 Å². The largest absolute Gasteiger partial charge is 0.391 e. The van der Waals surface area contributed by atoms with Crippen LogP contribution in [-0.2, 0) is 25.9 Å². The molecule has 3 aromatic rings. The van der Waals surface area contributed by atoms with Gasteiger partial charge in [0.2, 0.25) is 5.28 Å². The molecule has 10 heteroatoms. The Balaban J connectivity index is 1.62. The number of aryl methyl sites for hydroxylation is 1. The van der Waals surface area contributed by atoms with E-state index in [-0.39, 0.29) is 29.4 Å². The van der Waals surface area contributed by atoms with Gasteiger partial charge in [0.05, 0.1) is 17.9 Å². The second-order valence-electron chi connectivity index (χ2n) is 6.96. The van der Waals surface area contributed by atoms with Crippen LogP contribution >= 0.6 is 11.6 Å². The molecule has 1 amide bonds. The van der Waals surface area contributed by atoms with Crippen molar-refractivity contribution in [1.82, 2.24) is 25.3 Å². The van der Waals surface area contributed by atoms with Gasteiger partial charge in [0, 0.05) is 42.2 Å². The summed E-state index contributed by atoms with van der Waals surface area (Å²) in [6.07, 6.45) is 4.90. The molecule has 0 fully saturated rings. The zero-order valence-electron chi connectivity index (χ0n) is 15.1. The molecule has 2 aliphatic rings. The second kappa shape index (κ2) is 6.78. The van der Waals surface area contributed by atoms with Gasteiger partial charge in [-0.3, -0.25) is 4.79 Å². The van der Waals surface area contributed by atoms with E-state index in [1.807, 2.05) is 0 Å². The summed E-state index contributed by atoms with van der Waals surface area (Å²) in [5.41, 5.74) is 4.46. The minimum atomic E-state index is -0.555. The molecule has 5 rings (SSSR count). The highest BCUT2D eigenvalue weighted by Gasteiger charge is 2.32. The van der Waals surface area contributed by atoms with Gasteiger partial charge in [0.1, 0.15) is 5.82 Å². The van der Waals surface area contributed by atoms with Crippen molar-refractivity contribution in [2.45, 2.75) is 25.9 Å². The van der Waals surface area contributed by atoms with Gasteiger partial charge in [-0.15, -0.1) is 0 Å². The molecule has 0 saturated carbocycles. The Morgan fingerprint density at radius 3 is 2.86 bits per heavy atom. The molecule has 0 bridgehead atoms. The molecule has 4 heterocycles. The number of nitrogens with zero attached hydrogens (tertiary/aromatic N) is 3. The van der Waals surface area contributed by atoms with Gasteiger partial charge in [-0.1, -0.05) is 0 Å². The van der Waals surface area contributed by atoms with Crippen molar-refractivity contribution in [1.29, 1.82) is 0 Å². The summed E-state index contributed by atoms with van der Waals surface area (Å²) >= 11 is 5.83. The minimum absolute atomic E-state index is 0.0339. The SMILES string of the molecule is O=C1NCCc2[nH]c3c(c21)CCc1cnc(Nc2nc(Cl)ncc2CO)c(F)c1-3. The van der Waals surface area contributed by atoms with Crippen LogP contribution in [0, 0.1) is 5.82 Å². The first-order chi connectivity index (χ1) is 14.1. The third kappa shape index (κ3) is 2.85. The van der Waals surface area contributed by atoms with E-state index < -0.39 is 5.82 Å². The number of amides is 1. The van der Waals surface area contributed by atoms with E-state index in [1.54, 1.807) is 6.20 Å². The minimum Gasteiger partial charge on any atom is -0.391 e. The van der Waals surface area contributed by atoms with Crippen LogP contribution in [0.25, 0.3) is 11.3 Å². The number of aliphatic hydroxyl groups excluding tert-OH is 1. The van der Waals surface area contributed by atoms with Crippen LogP contribution in [0.5, 0.6) is 0 Å². The van der Waals surface area contributed by atoms with Gasteiger partial charge in [-0.25, -0.2) is 19.3 Å². The third-order valence-corrected chi connectivity index (χ3v) is 5.49. The van der Waals surface area contributed by atoms with E-state index >= 15 is 4.39 Å². The number of carbonyl (C=O) groups is 1. The lowest BCUT2D eigenvalue weighted by molar-refractivity contribution is 0.0945. The first kappa shape index (κ1) is 18.0. The number of aliphatic hydroxyl groups is 1. The van der Waals surface area contributed by atoms with E-state index in [9.17, 15) is 9.90 Å². The fourth-order valence-electron chi connectivity index (χ4n) is 3.96. The molecule has 1 aliphatic heterocycles. The molecular weight excluding hydrogens is 399 g/mol. The number of aromatic nitrogens is 4. The summed E-state index contributed by atoms with van der Waals surface area (Å²) in [7, 11) is 0. The van der Waals surface area contributed by atoms with E-state index in [2.05, 4.69) is 30.6 Å². The molecular formula is C19H16ClFN6O2. The van der Waals surface area contributed by atoms with Gasteiger partial charge in [0.25, 0.3) is 5.91 Å². The molecule has 29 heavy (non-hydrogen) atoms. The topological polar surface area (TPSA) is 116 Å². The highest BCUT2D eigenvalue weighted by molar-refractivity contribution is 6.28. The Labute approximate surface area is 169 Å². The number of hydrogen-bond donors (Lipinski definition) is 4. The number of anilines is 2. The van der Waals surface area contributed by atoms with Crippen molar-refractivity contribution < 1.29 is 14.3 Å². The number of rotatable bonds is 3. The van der Waals surface area contributed by atoms with Crippen LogP contribution in [0.15, 0.2) is 12.4 Å². The summed E-state index contributed by atoms with van der Waals surface area (Å²) in [4.78, 5) is 27.6. The summed E-state index contributed by atoms with van der Waals surface area (Å²) in [5, 5.41) is 15.1. The van der Waals surface area contributed by atoms with Gasteiger partial charge in [-0.05, 0) is 35.6 Å². The van der Waals surface area contributed by atoms with Gasteiger partial charge in [-0.2, -0.15) is 0 Å². The highest BCUT2D eigenvalue weighted by Crippen LogP contribution is 2.40. The summed E-state index contributed by atoms with van der Waals surface area (Å²) in [6.45, 7) is 0.219. The van der Waals surface area contributed by atoms with E-state index in [4.69, 9.17) is 11.6 Å². The van der Waals surface area contributed by atoms with Gasteiger partial charge in [0.15, 0.2) is 11.6 Å². The van der Waals surface area contributed by atoms with Crippen LogP contribution in [0.1, 0.15) is 32.7 Å². The molecule has 0 radical (unpaired) electrons. The van der Waals surface area contributed by atoms with E-state index in [0.29, 0.717) is 48.2 Å². The summed E-state index contributed by atoms with van der Waals surface area (Å²) < 4.78 is 15.5. The van der Waals surface area contributed by atoms with E-state index in [0.717, 1.165) is 16.8 Å². The Morgan fingerprint density at radius 1 is 1.17 bits per heavy atom. The fraction of sp³-hybridized carbons (Fsp3) is 0.263. The quantitative estimate of drug-likeness (QED) is 0.489. The van der Waals surface area contributed by atoms with Crippen molar-refractivity contribution in [3.63, 3.8) is 0 Å². The van der Waals surface area contributed by atoms with Crippen LogP contribution in [0.4, 0.5) is 16.0 Å². The van der Waals surface area contributed by atoms with Crippen molar-refractivity contribution in [2.24, 2.45) is 0 Å². The van der Waals surface area contributed by atoms with Crippen molar-refractivity contribution in [2.75, 3.05) is 11.9 Å². The highest BCUT2D eigenvalue weighted by atomic mass is 35.5. The maximum Gasteiger partial charge on any atom is 0.253 e. The number of aromatic amines is 1. The molecule has 1 aliphatic carbocycles. The van der Waals surface area contributed by atoms with Crippen LogP contribution in [0.2, 0.25) is 5.28 Å². The molecule has 0 atom stereocenters. The lowest BCUT2D eigenvalue weighted by Gasteiger charge is -2.20. The first-order valence-corrected chi connectivity index (χ1v) is 9.53. The Hall–Kier alpha value is -3.04. The fourth-order valence-corrected chi connectivity index (χ4v) is 4.09. The normalized spacial score (nSPS) is 14.7. The maximum absolute atomic E-state index is 15.5. The molecule has 0 spiro atoms. The summed E-state index contributed by atoms with van der Waals surface area (Å²) in [5.74, 6) is -0.539. The Morgan fingerprint density at radius 2 is 2.03 bits per heavy atom. The molecule has 0 unspecified atom stereocenters. The lowest BCUT2D eigenvalue weighted by Crippen LogP contribution is -2.32. The molecule has 0 aromatic carbocycles. The zero-order chi connectivity index (χ0) is 20.1. The Bertz CT molecular complexity index is 1160. The number of hydrogen-bond acceptors (Lipinski definition) is 6. The first-order valence-electron chi connectivity index (χ1n) is 9.15. The number of fused-ring (bicyclic) bond motifs is 5. The second-order valence-corrected chi connectivity index (χ2v) is 7.29. The van der Waals surface area contributed by atoms with Crippen molar-refractivity contribution in [3.05, 3.63) is 51.4 Å². The molecule has 3 aromatic heterocycles. The zero-order valence-corrected chi connectivity index (χ0v) is 15.9. The molecule has 4 N–H and O–H groups in total. The standard InChI is InChI=1S/C19H16ClFN6O2/c20-19-24-6-9(7-28)16(27-19)26-17-14(21)12-8(5-23-17)1-2-10-13-11(25-15(10)12)3-4-22-18(13)29/h5-6,25,28H,1-4,7H2,(H,22,29)(H,23,24,26,27). The third-order valence-electron chi connectivity index (χ3n) is 5.30. The lowest BCUT2D eigenvalue weighted by atomic mass is 9.88. The van der Waals surface area contributed by atoms with Gasteiger partial charge < -0.3 is 20.7 Å². The smallest absolute Gasteiger partial charge is 0.253 e. The van der Waals surface area contributed by atoms with Crippen molar-refractivity contribution >= 4 is 29.1 Å². The monoisotopic (exact) mass is 414 g/mol. The molecule has 0 saturated heterocycles. The average molecular weight is 415 g/mol.